The molecule has 30 heavy (non-hydrogen) atoms. The number of hydrogen-bond acceptors (Lipinski definition) is 7. The maximum absolute atomic E-state index is 12.8. The van der Waals surface area contributed by atoms with Crippen molar-refractivity contribution in [2.75, 3.05) is 16.8 Å². The van der Waals surface area contributed by atoms with Crippen LogP contribution in [0.4, 0.5) is 16.2 Å². The van der Waals surface area contributed by atoms with E-state index in [0.29, 0.717) is 18.0 Å². The second-order valence-corrected chi connectivity index (χ2v) is 7.39. The van der Waals surface area contributed by atoms with Crippen LogP contribution in [0.3, 0.4) is 0 Å². The van der Waals surface area contributed by atoms with Crippen LogP contribution in [0.15, 0.2) is 42.5 Å². The fourth-order valence-corrected chi connectivity index (χ4v) is 3.87. The molecule has 3 rings (SSSR count). The zero-order chi connectivity index (χ0) is 21.8. The molecule has 1 unspecified atom stereocenters. The molecule has 1 heterocycles. The van der Waals surface area contributed by atoms with Gasteiger partial charge in [-0.3, -0.25) is 14.4 Å². The van der Waals surface area contributed by atoms with E-state index in [2.05, 4.69) is 5.32 Å². The van der Waals surface area contributed by atoms with E-state index in [1.807, 2.05) is 0 Å². The van der Waals surface area contributed by atoms with E-state index in [4.69, 9.17) is 9.84 Å². The van der Waals surface area contributed by atoms with Gasteiger partial charge in [0.05, 0.1) is 12.3 Å². The number of carbonyl (C=O) groups excluding carboxylic acids is 3. The number of aromatic hydroxyl groups is 1. The summed E-state index contributed by atoms with van der Waals surface area (Å²) in [5.41, 5.74) is 0.186. The van der Waals surface area contributed by atoms with Crippen LogP contribution >= 0.6 is 11.8 Å². The first kappa shape index (κ1) is 21.2. The molecule has 0 radical (unpaired) electrons. The highest BCUT2D eigenvalue weighted by Gasteiger charge is 2.42. The molecule has 0 saturated carbocycles. The minimum atomic E-state index is -1.30. The standard InChI is InChI=1S/C20H18N2O7S/c1-2-29-15-6-4-3-5-13(15)22-18(25)16(30-20(22)28)10-17(24)21-11-7-8-12(19(26)27)14(23)9-11/h3-9,16,23H,2,10H2,1H3,(H,21,24)(H,26,27). The molecule has 2 aromatic rings. The summed E-state index contributed by atoms with van der Waals surface area (Å²) in [4.78, 5) is 49.5. The Hall–Kier alpha value is -3.53. The van der Waals surface area contributed by atoms with E-state index in [0.717, 1.165) is 28.8 Å². The Morgan fingerprint density at radius 1 is 1.20 bits per heavy atom. The molecule has 10 heteroatoms. The molecule has 3 N–H and O–H groups in total. The van der Waals surface area contributed by atoms with Crippen LogP contribution in [0.5, 0.6) is 11.5 Å². The molecular formula is C20H18N2O7S. The van der Waals surface area contributed by atoms with Crippen molar-refractivity contribution in [2.24, 2.45) is 0 Å². The lowest BCUT2D eigenvalue weighted by Gasteiger charge is -2.17. The van der Waals surface area contributed by atoms with E-state index in [-0.39, 0.29) is 17.7 Å². The Morgan fingerprint density at radius 3 is 2.60 bits per heavy atom. The number of rotatable bonds is 7. The number of amides is 3. The van der Waals surface area contributed by atoms with Crippen LogP contribution in [-0.2, 0) is 9.59 Å². The van der Waals surface area contributed by atoms with Gasteiger partial charge in [0.1, 0.15) is 22.3 Å². The van der Waals surface area contributed by atoms with Crippen LogP contribution in [-0.4, -0.2) is 45.1 Å². The Balaban J connectivity index is 1.70. The summed E-state index contributed by atoms with van der Waals surface area (Å²) in [6, 6.07) is 10.2. The molecule has 1 aliphatic rings. The van der Waals surface area contributed by atoms with Gasteiger partial charge < -0.3 is 20.3 Å². The van der Waals surface area contributed by atoms with Gasteiger partial charge in [-0.25, -0.2) is 9.69 Å². The van der Waals surface area contributed by atoms with Crippen molar-refractivity contribution in [1.29, 1.82) is 0 Å². The van der Waals surface area contributed by atoms with Gasteiger partial charge in [0, 0.05) is 18.2 Å². The van der Waals surface area contributed by atoms with Gasteiger partial charge in [0.15, 0.2) is 0 Å². The maximum Gasteiger partial charge on any atom is 0.339 e. The number of carboxylic acid groups (broad SMARTS) is 1. The average molecular weight is 430 g/mol. The van der Waals surface area contributed by atoms with E-state index < -0.39 is 34.0 Å². The molecule has 9 nitrogen and oxygen atoms in total. The third kappa shape index (κ3) is 4.38. The first-order valence-electron chi connectivity index (χ1n) is 8.94. The second kappa shape index (κ2) is 8.87. The van der Waals surface area contributed by atoms with Crippen molar-refractivity contribution in [3.63, 3.8) is 0 Å². The number of para-hydroxylation sites is 2. The topological polar surface area (TPSA) is 133 Å². The summed E-state index contributed by atoms with van der Waals surface area (Å²) in [6.45, 7) is 2.15. The molecular weight excluding hydrogens is 412 g/mol. The number of carboxylic acids is 1. The maximum atomic E-state index is 12.8. The number of carbonyl (C=O) groups is 4. The smallest absolute Gasteiger partial charge is 0.339 e. The third-order valence-corrected chi connectivity index (χ3v) is 5.25. The van der Waals surface area contributed by atoms with Gasteiger partial charge in [0.2, 0.25) is 11.8 Å². The quantitative estimate of drug-likeness (QED) is 0.610. The number of imide groups is 1. The molecule has 0 bridgehead atoms. The summed E-state index contributed by atoms with van der Waals surface area (Å²) < 4.78 is 5.48. The Labute approximate surface area is 175 Å². The SMILES string of the molecule is CCOc1ccccc1N1C(=O)SC(CC(=O)Nc2ccc(C(=O)O)c(O)c2)C1=O. The number of benzene rings is 2. The van der Waals surface area contributed by atoms with Crippen molar-refractivity contribution < 1.29 is 34.1 Å². The van der Waals surface area contributed by atoms with Crippen LogP contribution in [0.2, 0.25) is 0 Å². The lowest BCUT2D eigenvalue weighted by Crippen LogP contribution is -2.33. The van der Waals surface area contributed by atoms with Crippen molar-refractivity contribution in [2.45, 2.75) is 18.6 Å². The van der Waals surface area contributed by atoms with Gasteiger partial charge in [-0.1, -0.05) is 12.1 Å². The van der Waals surface area contributed by atoms with Crippen LogP contribution in [0.1, 0.15) is 23.7 Å². The number of aromatic carboxylic acids is 1. The van der Waals surface area contributed by atoms with Gasteiger partial charge in [-0.2, -0.15) is 0 Å². The molecule has 1 aliphatic heterocycles. The van der Waals surface area contributed by atoms with Crippen molar-refractivity contribution in [1.82, 2.24) is 0 Å². The number of hydrogen-bond donors (Lipinski definition) is 3. The van der Waals surface area contributed by atoms with Gasteiger partial charge in [0.25, 0.3) is 5.24 Å². The van der Waals surface area contributed by atoms with E-state index in [1.165, 1.54) is 6.07 Å². The molecule has 1 fully saturated rings. The lowest BCUT2D eigenvalue weighted by atomic mass is 10.1. The largest absolute Gasteiger partial charge is 0.507 e. The average Bonchev–Trinajstić information content (AvgIpc) is 2.95. The molecule has 0 spiro atoms. The normalized spacial score (nSPS) is 15.9. The van der Waals surface area contributed by atoms with Gasteiger partial charge in [-0.05, 0) is 43.0 Å². The molecule has 3 amide bonds. The summed E-state index contributed by atoms with van der Waals surface area (Å²) in [7, 11) is 0. The van der Waals surface area contributed by atoms with Gasteiger partial charge >= 0.3 is 5.97 Å². The molecule has 0 aliphatic carbocycles. The van der Waals surface area contributed by atoms with Gasteiger partial charge in [-0.15, -0.1) is 0 Å². The second-order valence-electron chi connectivity index (χ2n) is 6.24. The molecule has 2 aromatic carbocycles. The molecule has 156 valence electrons. The Kier molecular flexibility index (Phi) is 6.26. The molecule has 1 saturated heterocycles. The Bertz CT molecular complexity index is 1020. The fourth-order valence-electron chi connectivity index (χ4n) is 2.89. The van der Waals surface area contributed by atoms with E-state index in [1.54, 1.807) is 31.2 Å². The van der Waals surface area contributed by atoms with E-state index in [9.17, 15) is 24.3 Å². The Morgan fingerprint density at radius 2 is 1.93 bits per heavy atom. The van der Waals surface area contributed by atoms with Crippen LogP contribution in [0, 0.1) is 0 Å². The highest BCUT2D eigenvalue weighted by molar-refractivity contribution is 8.15. The molecule has 0 aromatic heterocycles. The summed E-state index contributed by atoms with van der Waals surface area (Å²) in [5.74, 6) is -2.50. The predicted octanol–water partition coefficient (Wildman–Crippen LogP) is 3.09. The third-order valence-electron chi connectivity index (χ3n) is 4.21. The van der Waals surface area contributed by atoms with Crippen LogP contribution < -0.4 is 15.0 Å². The van der Waals surface area contributed by atoms with Crippen molar-refractivity contribution >= 4 is 46.2 Å². The predicted molar refractivity (Wildman–Crippen MR) is 110 cm³/mol. The summed E-state index contributed by atoms with van der Waals surface area (Å²) in [5, 5.41) is 19.7. The minimum Gasteiger partial charge on any atom is -0.507 e. The molecule has 1 atom stereocenters. The fraction of sp³-hybridized carbons (Fsp3) is 0.200. The number of thioether (sulfide) groups is 1. The number of phenols is 1. The first-order chi connectivity index (χ1) is 14.3. The highest BCUT2D eigenvalue weighted by Crippen LogP contribution is 2.38. The van der Waals surface area contributed by atoms with Crippen molar-refractivity contribution in [3.05, 3.63) is 48.0 Å². The zero-order valence-corrected chi connectivity index (χ0v) is 16.6. The lowest BCUT2D eigenvalue weighted by molar-refractivity contribution is -0.121. The number of nitrogens with zero attached hydrogens (tertiary/aromatic N) is 1. The van der Waals surface area contributed by atoms with Crippen LogP contribution in [0.25, 0.3) is 0 Å². The number of ether oxygens (including phenoxy) is 1. The monoisotopic (exact) mass is 430 g/mol. The zero-order valence-electron chi connectivity index (χ0n) is 15.8. The summed E-state index contributed by atoms with van der Waals surface area (Å²) >= 11 is 0.746. The number of nitrogens with one attached hydrogen (secondary N) is 1. The number of anilines is 2. The minimum absolute atomic E-state index is 0.169. The highest BCUT2D eigenvalue weighted by atomic mass is 32.2. The first-order valence-corrected chi connectivity index (χ1v) is 9.82. The van der Waals surface area contributed by atoms with E-state index >= 15 is 0 Å². The summed E-state index contributed by atoms with van der Waals surface area (Å²) in [6.07, 6.45) is -0.274. The van der Waals surface area contributed by atoms with Crippen molar-refractivity contribution in [3.8, 4) is 11.5 Å².